The van der Waals surface area contributed by atoms with Gasteiger partial charge in [-0.1, -0.05) is 11.6 Å². The highest BCUT2D eigenvalue weighted by Crippen LogP contribution is 2.24. The fourth-order valence-electron chi connectivity index (χ4n) is 1.70. The Morgan fingerprint density at radius 1 is 1.21 bits per heavy atom. The lowest BCUT2D eigenvalue weighted by Crippen LogP contribution is -2.14. The monoisotopic (exact) mass is 209 g/mol. The van der Waals surface area contributed by atoms with Gasteiger partial charge >= 0.3 is 0 Å². The summed E-state index contributed by atoms with van der Waals surface area (Å²) >= 11 is 5.89. The second-order valence-corrected chi connectivity index (χ2v) is 3.99. The molecule has 0 radical (unpaired) electrons. The molecule has 1 aliphatic rings. The van der Waals surface area contributed by atoms with Gasteiger partial charge in [0.25, 0.3) is 0 Å². The zero-order chi connectivity index (χ0) is 9.97. The van der Waals surface area contributed by atoms with E-state index in [1.54, 1.807) is 0 Å². The molecule has 3 heteroatoms. The minimum absolute atomic E-state index is 0.105. The predicted octanol–water partition coefficient (Wildman–Crippen LogP) is 3.00. The molecule has 1 aromatic rings. The Morgan fingerprint density at radius 2 is 2.00 bits per heavy atom. The lowest BCUT2D eigenvalue weighted by molar-refractivity contribution is -0.116. The van der Waals surface area contributed by atoms with Crippen molar-refractivity contribution in [3.8, 4) is 0 Å². The van der Waals surface area contributed by atoms with Crippen molar-refractivity contribution in [3.63, 3.8) is 0 Å². The van der Waals surface area contributed by atoms with Crippen molar-refractivity contribution in [3.05, 3.63) is 28.8 Å². The number of carbonyl (C=O) groups excluding carboxylic acids is 1. The van der Waals surface area contributed by atoms with E-state index in [-0.39, 0.29) is 5.91 Å². The van der Waals surface area contributed by atoms with Crippen LogP contribution in [0.3, 0.4) is 0 Å². The first kappa shape index (κ1) is 9.53. The van der Waals surface area contributed by atoms with Gasteiger partial charge in [-0.2, -0.15) is 0 Å². The zero-order valence-corrected chi connectivity index (χ0v) is 8.60. The maximum Gasteiger partial charge on any atom is 0.224 e. The quantitative estimate of drug-likeness (QED) is 0.699. The summed E-state index contributed by atoms with van der Waals surface area (Å²) in [7, 11) is 0. The summed E-state index contributed by atoms with van der Waals surface area (Å²) in [5.74, 6) is 0.105. The molecule has 74 valence electrons. The van der Waals surface area contributed by atoms with E-state index in [9.17, 15) is 4.79 Å². The van der Waals surface area contributed by atoms with Gasteiger partial charge < -0.3 is 5.32 Å². The van der Waals surface area contributed by atoms with Crippen molar-refractivity contribution in [1.82, 2.24) is 0 Å². The summed E-state index contributed by atoms with van der Waals surface area (Å²) < 4.78 is 0. The maximum absolute atomic E-state index is 11.3. The number of hydrogen-bond donors (Lipinski definition) is 1. The van der Waals surface area contributed by atoms with Crippen LogP contribution in [0.1, 0.15) is 24.8 Å². The molecule has 1 heterocycles. The van der Waals surface area contributed by atoms with E-state index in [4.69, 9.17) is 11.6 Å². The summed E-state index contributed by atoms with van der Waals surface area (Å²) in [4.78, 5) is 11.3. The molecule has 2 nitrogen and oxygen atoms in total. The predicted molar refractivity (Wildman–Crippen MR) is 57.6 cm³/mol. The number of hydrogen-bond acceptors (Lipinski definition) is 1. The molecule has 0 aliphatic carbocycles. The minimum atomic E-state index is 0.105. The molecule has 0 unspecified atom stereocenters. The van der Waals surface area contributed by atoms with Crippen LogP contribution in [0.5, 0.6) is 0 Å². The second-order valence-electron chi connectivity index (χ2n) is 3.56. The number of rotatable bonds is 0. The molecular formula is C11H12ClNO. The SMILES string of the molecule is O=C1CCCCc2cc(Cl)ccc2N1. The first-order valence-electron chi connectivity index (χ1n) is 4.84. The van der Waals surface area contributed by atoms with Crippen LogP contribution in [0.25, 0.3) is 0 Å². The number of carbonyl (C=O) groups is 1. The standard InChI is InChI=1S/C11H12ClNO/c12-9-5-6-10-8(7-9)3-1-2-4-11(14)13-10/h5-7H,1-4H2,(H,13,14). The third kappa shape index (κ3) is 2.07. The maximum atomic E-state index is 11.3. The molecule has 0 bridgehead atoms. The van der Waals surface area contributed by atoms with Gasteiger partial charge in [0.2, 0.25) is 5.91 Å². The Hall–Kier alpha value is -1.02. The first-order valence-corrected chi connectivity index (χ1v) is 5.22. The van der Waals surface area contributed by atoms with Crippen LogP contribution in [0, 0.1) is 0 Å². The summed E-state index contributed by atoms with van der Waals surface area (Å²) in [5, 5.41) is 3.63. The molecule has 14 heavy (non-hydrogen) atoms. The lowest BCUT2D eigenvalue weighted by Gasteiger charge is -2.14. The summed E-state index contributed by atoms with van der Waals surface area (Å²) in [6.45, 7) is 0. The second kappa shape index (κ2) is 4.01. The Bertz CT molecular complexity index is 362. The average molecular weight is 210 g/mol. The zero-order valence-electron chi connectivity index (χ0n) is 7.85. The number of fused-ring (bicyclic) bond motifs is 1. The van der Waals surface area contributed by atoms with Crippen LogP contribution in [0.2, 0.25) is 5.02 Å². The molecule has 1 aromatic carbocycles. The summed E-state index contributed by atoms with van der Waals surface area (Å²) in [5.41, 5.74) is 2.06. The van der Waals surface area contributed by atoms with Crippen LogP contribution < -0.4 is 5.32 Å². The van der Waals surface area contributed by atoms with Crippen molar-refractivity contribution in [1.29, 1.82) is 0 Å². The van der Waals surface area contributed by atoms with Gasteiger partial charge in [-0.3, -0.25) is 4.79 Å². The van der Waals surface area contributed by atoms with E-state index in [2.05, 4.69) is 5.32 Å². The molecule has 0 saturated carbocycles. The molecular weight excluding hydrogens is 198 g/mol. The molecule has 1 amide bonds. The van der Waals surface area contributed by atoms with E-state index in [0.29, 0.717) is 6.42 Å². The Labute approximate surface area is 88.3 Å². The smallest absolute Gasteiger partial charge is 0.224 e. The van der Waals surface area contributed by atoms with Gasteiger partial charge in [-0.15, -0.1) is 0 Å². The van der Waals surface area contributed by atoms with Gasteiger partial charge in [-0.25, -0.2) is 0 Å². The number of amides is 1. The molecule has 2 rings (SSSR count). The Kier molecular flexibility index (Phi) is 2.73. The van der Waals surface area contributed by atoms with Crippen LogP contribution in [-0.4, -0.2) is 5.91 Å². The van der Waals surface area contributed by atoms with E-state index in [1.807, 2.05) is 18.2 Å². The average Bonchev–Trinajstić information content (AvgIpc) is 2.13. The molecule has 1 aliphatic heterocycles. The van der Waals surface area contributed by atoms with Crippen molar-refractivity contribution in [2.75, 3.05) is 5.32 Å². The van der Waals surface area contributed by atoms with Gasteiger partial charge in [0.05, 0.1) is 0 Å². The van der Waals surface area contributed by atoms with Crippen molar-refractivity contribution < 1.29 is 4.79 Å². The van der Waals surface area contributed by atoms with Crippen LogP contribution in [-0.2, 0) is 11.2 Å². The topological polar surface area (TPSA) is 29.1 Å². The summed E-state index contributed by atoms with van der Waals surface area (Å²) in [6, 6.07) is 5.62. The molecule has 0 fully saturated rings. The van der Waals surface area contributed by atoms with Crippen LogP contribution >= 0.6 is 11.6 Å². The molecule has 0 aromatic heterocycles. The van der Waals surface area contributed by atoms with Gasteiger partial charge in [-0.05, 0) is 43.0 Å². The van der Waals surface area contributed by atoms with Gasteiger partial charge in [0.15, 0.2) is 0 Å². The van der Waals surface area contributed by atoms with E-state index in [0.717, 1.165) is 35.5 Å². The lowest BCUT2D eigenvalue weighted by atomic mass is 10.0. The number of nitrogens with one attached hydrogen (secondary N) is 1. The third-order valence-electron chi connectivity index (χ3n) is 2.44. The first-order chi connectivity index (χ1) is 6.75. The Balaban J connectivity index is 2.34. The normalized spacial score (nSPS) is 16.5. The van der Waals surface area contributed by atoms with E-state index >= 15 is 0 Å². The van der Waals surface area contributed by atoms with Crippen molar-refractivity contribution >= 4 is 23.2 Å². The largest absolute Gasteiger partial charge is 0.326 e. The highest BCUT2D eigenvalue weighted by molar-refractivity contribution is 6.30. The number of anilines is 1. The Morgan fingerprint density at radius 3 is 2.86 bits per heavy atom. The fourth-order valence-corrected chi connectivity index (χ4v) is 1.90. The number of aryl methyl sites for hydroxylation is 1. The molecule has 0 saturated heterocycles. The molecule has 1 N–H and O–H groups in total. The molecule has 0 atom stereocenters. The highest BCUT2D eigenvalue weighted by Gasteiger charge is 2.10. The minimum Gasteiger partial charge on any atom is -0.326 e. The van der Waals surface area contributed by atoms with E-state index in [1.165, 1.54) is 0 Å². The van der Waals surface area contributed by atoms with Crippen molar-refractivity contribution in [2.45, 2.75) is 25.7 Å². The fraction of sp³-hybridized carbons (Fsp3) is 0.364. The van der Waals surface area contributed by atoms with Crippen molar-refractivity contribution in [2.24, 2.45) is 0 Å². The summed E-state index contributed by atoms with van der Waals surface area (Å²) in [6.07, 6.45) is 3.64. The van der Waals surface area contributed by atoms with Gasteiger partial charge in [0, 0.05) is 17.1 Å². The van der Waals surface area contributed by atoms with Crippen LogP contribution in [0.4, 0.5) is 5.69 Å². The highest BCUT2D eigenvalue weighted by atomic mass is 35.5. The third-order valence-corrected chi connectivity index (χ3v) is 2.68. The van der Waals surface area contributed by atoms with Gasteiger partial charge in [0.1, 0.15) is 0 Å². The van der Waals surface area contributed by atoms with E-state index < -0.39 is 0 Å². The van der Waals surface area contributed by atoms with Crippen LogP contribution in [0.15, 0.2) is 18.2 Å². The number of halogens is 1. The number of benzene rings is 1. The molecule has 0 spiro atoms.